The van der Waals surface area contributed by atoms with Gasteiger partial charge in [-0.2, -0.15) is 4.98 Å². The normalized spacial score (nSPS) is 24.0. The zero-order chi connectivity index (χ0) is 13.0. The Kier molecular flexibility index (Phi) is 4.35. The van der Waals surface area contributed by atoms with Crippen molar-refractivity contribution in [3.05, 3.63) is 11.7 Å². The molecule has 0 aromatic carbocycles. The zero-order valence-electron chi connectivity index (χ0n) is 11.7. The summed E-state index contributed by atoms with van der Waals surface area (Å²) in [6.07, 6.45) is 4.23. The summed E-state index contributed by atoms with van der Waals surface area (Å²) in [5.41, 5.74) is 0.0815. The van der Waals surface area contributed by atoms with E-state index < -0.39 is 0 Å². The van der Waals surface area contributed by atoms with Crippen LogP contribution in [-0.2, 0) is 11.8 Å². The average Bonchev–Trinajstić information content (AvgIpc) is 2.95. The van der Waals surface area contributed by atoms with Crippen LogP contribution in [0.1, 0.15) is 37.9 Å². The summed E-state index contributed by atoms with van der Waals surface area (Å²) in [5.74, 6) is 1.67. The highest BCUT2D eigenvalue weighted by Crippen LogP contribution is 2.34. The Bertz CT molecular complexity index is 369. The first kappa shape index (κ1) is 13.5. The van der Waals surface area contributed by atoms with Crippen molar-refractivity contribution < 1.29 is 4.52 Å². The lowest BCUT2D eigenvalue weighted by Crippen LogP contribution is -2.29. The second-order valence-corrected chi connectivity index (χ2v) is 5.53. The number of hydrogen-bond donors (Lipinski definition) is 1. The van der Waals surface area contributed by atoms with Gasteiger partial charge < -0.3 is 14.7 Å². The molecule has 1 unspecified atom stereocenters. The lowest BCUT2D eigenvalue weighted by atomic mass is 9.82. The Morgan fingerprint density at radius 3 is 2.89 bits per heavy atom. The summed E-state index contributed by atoms with van der Waals surface area (Å²) in [5, 5.41) is 7.54. The lowest BCUT2D eigenvalue weighted by Gasteiger charge is -2.22. The van der Waals surface area contributed by atoms with Gasteiger partial charge >= 0.3 is 0 Å². The Labute approximate surface area is 109 Å². The minimum atomic E-state index is 0.0815. The summed E-state index contributed by atoms with van der Waals surface area (Å²) in [6, 6.07) is 0. The van der Waals surface area contributed by atoms with Gasteiger partial charge in [-0.1, -0.05) is 18.5 Å². The van der Waals surface area contributed by atoms with Crippen LogP contribution in [0, 0.1) is 0 Å². The fraction of sp³-hybridized carbons (Fsp3) is 0.846. The van der Waals surface area contributed by atoms with Crippen molar-refractivity contribution in [2.75, 3.05) is 33.7 Å². The van der Waals surface area contributed by atoms with Crippen LogP contribution < -0.4 is 5.32 Å². The van der Waals surface area contributed by atoms with Crippen LogP contribution >= 0.6 is 0 Å². The molecular weight excluding hydrogens is 228 g/mol. The molecule has 18 heavy (non-hydrogen) atoms. The lowest BCUT2D eigenvalue weighted by molar-refractivity contribution is 0.275. The predicted molar refractivity (Wildman–Crippen MR) is 70.6 cm³/mol. The summed E-state index contributed by atoms with van der Waals surface area (Å²) < 4.78 is 5.52. The van der Waals surface area contributed by atoms with E-state index in [0.717, 1.165) is 57.0 Å². The van der Waals surface area contributed by atoms with Gasteiger partial charge in [-0.25, -0.2) is 0 Å². The van der Waals surface area contributed by atoms with Crippen molar-refractivity contribution in [3.63, 3.8) is 0 Å². The van der Waals surface area contributed by atoms with Crippen LogP contribution in [0.5, 0.6) is 0 Å². The van der Waals surface area contributed by atoms with Gasteiger partial charge in [-0.05, 0) is 33.5 Å². The standard InChI is InChI=1S/C13H24N4O/c1-4-6-13(7-8-14-10-13)12-15-11(16-18-12)5-9-17(2)3/h14H,4-10H2,1-3H3. The quantitative estimate of drug-likeness (QED) is 0.824. The van der Waals surface area contributed by atoms with Crippen molar-refractivity contribution in [2.24, 2.45) is 0 Å². The molecule has 0 amide bonds. The second kappa shape index (κ2) is 5.80. The molecule has 2 heterocycles. The molecule has 102 valence electrons. The molecule has 1 aliphatic heterocycles. The van der Waals surface area contributed by atoms with Crippen LogP contribution in [0.25, 0.3) is 0 Å². The fourth-order valence-electron chi connectivity index (χ4n) is 2.62. The topological polar surface area (TPSA) is 54.2 Å². The van der Waals surface area contributed by atoms with Gasteiger partial charge in [0.1, 0.15) is 0 Å². The maximum Gasteiger partial charge on any atom is 0.234 e. The summed E-state index contributed by atoms with van der Waals surface area (Å²) in [4.78, 5) is 6.74. The Hall–Kier alpha value is -0.940. The minimum Gasteiger partial charge on any atom is -0.339 e. The van der Waals surface area contributed by atoms with E-state index in [4.69, 9.17) is 4.52 Å². The monoisotopic (exact) mass is 252 g/mol. The molecule has 1 aliphatic rings. The van der Waals surface area contributed by atoms with Crippen molar-refractivity contribution in [3.8, 4) is 0 Å². The number of aromatic nitrogens is 2. The van der Waals surface area contributed by atoms with E-state index in [1.54, 1.807) is 0 Å². The molecule has 0 spiro atoms. The third-order valence-corrected chi connectivity index (χ3v) is 3.68. The maximum absolute atomic E-state index is 5.52. The molecule has 1 aromatic rings. The Morgan fingerprint density at radius 1 is 1.44 bits per heavy atom. The van der Waals surface area contributed by atoms with Crippen LogP contribution in [0.3, 0.4) is 0 Å². The number of hydrogen-bond acceptors (Lipinski definition) is 5. The highest BCUT2D eigenvalue weighted by molar-refractivity contribution is 5.10. The van der Waals surface area contributed by atoms with Crippen LogP contribution in [0.15, 0.2) is 4.52 Å². The van der Waals surface area contributed by atoms with Gasteiger partial charge in [0, 0.05) is 19.5 Å². The smallest absolute Gasteiger partial charge is 0.234 e. The van der Waals surface area contributed by atoms with Gasteiger partial charge in [0.2, 0.25) is 5.89 Å². The Morgan fingerprint density at radius 2 is 2.28 bits per heavy atom. The van der Waals surface area contributed by atoms with Crippen molar-refractivity contribution in [2.45, 2.75) is 38.0 Å². The molecule has 1 aromatic heterocycles. The highest BCUT2D eigenvalue weighted by atomic mass is 16.5. The van der Waals surface area contributed by atoms with Crippen molar-refractivity contribution in [1.82, 2.24) is 20.4 Å². The van der Waals surface area contributed by atoms with Gasteiger partial charge in [0.05, 0.1) is 5.41 Å². The highest BCUT2D eigenvalue weighted by Gasteiger charge is 2.39. The van der Waals surface area contributed by atoms with E-state index in [-0.39, 0.29) is 5.41 Å². The fourth-order valence-corrected chi connectivity index (χ4v) is 2.62. The minimum absolute atomic E-state index is 0.0815. The van der Waals surface area contributed by atoms with Gasteiger partial charge in [0.25, 0.3) is 0 Å². The summed E-state index contributed by atoms with van der Waals surface area (Å²) in [7, 11) is 4.11. The van der Waals surface area contributed by atoms with E-state index in [2.05, 4.69) is 41.4 Å². The first-order valence-corrected chi connectivity index (χ1v) is 6.85. The van der Waals surface area contributed by atoms with Crippen molar-refractivity contribution in [1.29, 1.82) is 0 Å². The van der Waals surface area contributed by atoms with Crippen LogP contribution in [0.4, 0.5) is 0 Å². The molecule has 0 aliphatic carbocycles. The molecule has 5 nitrogen and oxygen atoms in total. The molecule has 0 radical (unpaired) electrons. The second-order valence-electron chi connectivity index (χ2n) is 5.53. The summed E-state index contributed by atoms with van der Waals surface area (Å²) in [6.45, 7) is 5.19. The van der Waals surface area contributed by atoms with E-state index >= 15 is 0 Å². The Balaban J connectivity index is 2.07. The third kappa shape index (κ3) is 2.90. The van der Waals surface area contributed by atoms with E-state index in [1.165, 1.54) is 0 Å². The van der Waals surface area contributed by atoms with E-state index in [1.807, 2.05) is 0 Å². The van der Waals surface area contributed by atoms with Gasteiger partial charge in [-0.3, -0.25) is 0 Å². The first-order chi connectivity index (χ1) is 8.66. The van der Waals surface area contributed by atoms with Crippen LogP contribution in [0.2, 0.25) is 0 Å². The van der Waals surface area contributed by atoms with Crippen molar-refractivity contribution >= 4 is 0 Å². The SMILES string of the molecule is CCCC1(c2nc(CCN(C)C)no2)CCNC1. The molecule has 2 rings (SSSR count). The largest absolute Gasteiger partial charge is 0.339 e. The molecule has 1 atom stereocenters. The molecule has 0 bridgehead atoms. The molecule has 0 saturated carbocycles. The van der Waals surface area contributed by atoms with E-state index in [9.17, 15) is 0 Å². The molecule has 1 saturated heterocycles. The molecule has 1 N–H and O–H groups in total. The number of likely N-dealkylation sites (N-methyl/N-ethyl adjacent to an activating group) is 1. The number of nitrogens with zero attached hydrogens (tertiary/aromatic N) is 3. The first-order valence-electron chi connectivity index (χ1n) is 6.85. The molecule has 5 heteroatoms. The summed E-state index contributed by atoms with van der Waals surface area (Å²) >= 11 is 0. The van der Waals surface area contributed by atoms with Gasteiger partial charge in [-0.15, -0.1) is 0 Å². The number of nitrogens with one attached hydrogen (secondary N) is 1. The molecule has 1 fully saturated rings. The molecular formula is C13H24N4O. The average molecular weight is 252 g/mol. The maximum atomic E-state index is 5.52. The predicted octanol–water partition coefficient (Wildman–Crippen LogP) is 1.20. The van der Waals surface area contributed by atoms with Crippen LogP contribution in [-0.4, -0.2) is 48.8 Å². The van der Waals surface area contributed by atoms with Gasteiger partial charge in [0.15, 0.2) is 5.82 Å². The zero-order valence-corrected chi connectivity index (χ0v) is 11.7. The third-order valence-electron chi connectivity index (χ3n) is 3.68. The number of rotatable bonds is 6. The van der Waals surface area contributed by atoms with E-state index in [0.29, 0.717) is 0 Å².